The van der Waals surface area contributed by atoms with Gasteiger partial charge in [-0.15, -0.1) is 0 Å². The topological polar surface area (TPSA) is 46.5 Å². The Kier molecular flexibility index (Phi) is 4.86. The molecule has 0 aliphatic heterocycles. The van der Waals surface area contributed by atoms with Crippen LogP contribution >= 0.6 is 15.9 Å². The maximum atomic E-state index is 11.0. The van der Waals surface area contributed by atoms with Crippen LogP contribution in [-0.2, 0) is 0 Å². The van der Waals surface area contributed by atoms with Gasteiger partial charge in [-0.25, -0.2) is 4.79 Å². The molecule has 0 saturated heterocycles. The number of ether oxygens (including phenoxy) is 1. The lowest BCUT2D eigenvalue weighted by molar-refractivity contribution is 0.0692. The van der Waals surface area contributed by atoms with Crippen molar-refractivity contribution < 1.29 is 14.6 Å². The summed E-state index contributed by atoms with van der Waals surface area (Å²) in [5.41, 5.74) is 0.258. The molecule has 1 saturated carbocycles. The van der Waals surface area contributed by atoms with Gasteiger partial charge in [-0.2, -0.15) is 0 Å². The number of carboxylic acids is 1. The Morgan fingerprint density at radius 2 is 2.11 bits per heavy atom. The highest BCUT2D eigenvalue weighted by molar-refractivity contribution is 9.10. The largest absolute Gasteiger partial charge is 0.490 e. The van der Waals surface area contributed by atoms with E-state index in [0.717, 1.165) is 17.3 Å². The van der Waals surface area contributed by atoms with Crippen LogP contribution in [0.4, 0.5) is 0 Å². The smallest absolute Gasteiger partial charge is 0.335 e. The van der Waals surface area contributed by atoms with Gasteiger partial charge in [-0.1, -0.05) is 29.3 Å². The molecule has 2 atom stereocenters. The Labute approximate surface area is 122 Å². The van der Waals surface area contributed by atoms with Gasteiger partial charge in [0.25, 0.3) is 0 Å². The molecule has 0 heterocycles. The van der Waals surface area contributed by atoms with Crippen molar-refractivity contribution in [3.8, 4) is 5.75 Å². The van der Waals surface area contributed by atoms with Crippen molar-refractivity contribution in [3.63, 3.8) is 0 Å². The van der Waals surface area contributed by atoms with Crippen molar-refractivity contribution in [2.24, 2.45) is 5.92 Å². The van der Waals surface area contributed by atoms with Crippen LogP contribution < -0.4 is 4.74 Å². The maximum Gasteiger partial charge on any atom is 0.335 e. The van der Waals surface area contributed by atoms with Gasteiger partial charge in [0.2, 0.25) is 0 Å². The number of hydrogen-bond acceptors (Lipinski definition) is 2. The molecule has 0 amide bonds. The van der Waals surface area contributed by atoms with Crippen LogP contribution in [0.1, 0.15) is 49.4 Å². The van der Waals surface area contributed by atoms with E-state index in [4.69, 9.17) is 9.84 Å². The summed E-state index contributed by atoms with van der Waals surface area (Å²) in [5, 5.41) is 9.06. The standard InChI is InChI=1S/C15H19BrO3/c1-2-10-5-3-4-6-14(10)19-13-8-11(15(17)18)7-12(16)9-13/h7-10,14H,2-6H2,1H3,(H,17,18). The second-order valence-electron chi connectivity index (χ2n) is 5.09. The fourth-order valence-corrected chi connectivity index (χ4v) is 3.20. The van der Waals surface area contributed by atoms with Gasteiger partial charge >= 0.3 is 5.97 Å². The van der Waals surface area contributed by atoms with Crippen molar-refractivity contribution >= 4 is 21.9 Å². The monoisotopic (exact) mass is 326 g/mol. The first kappa shape index (κ1) is 14.4. The molecule has 19 heavy (non-hydrogen) atoms. The lowest BCUT2D eigenvalue weighted by Crippen LogP contribution is -2.29. The molecule has 1 aromatic rings. The van der Waals surface area contributed by atoms with E-state index in [0.29, 0.717) is 11.7 Å². The van der Waals surface area contributed by atoms with Gasteiger partial charge in [0, 0.05) is 4.47 Å². The van der Waals surface area contributed by atoms with E-state index in [1.807, 2.05) is 6.07 Å². The average Bonchev–Trinajstić information content (AvgIpc) is 2.38. The zero-order valence-corrected chi connectivity index (χ0v) is 12.6. The minimum atomic E-state index is -0.929. The number of benzene rings is 1. The summed E-state index contributed by atoms with van der Waals surface area (Å²) in [4.78, 5) is 11.0. The van der Waals surface area contributed by atoms with E-state index in [1.165, 1.54) is 19.3 Å². The van der Waals surface area contributed by atoms with Crippen molar-refractivity contribution in [3.05, 3.63) is 28.2 Å². The predicted molar refractivity (Wildman–Crippen MR) is 77.8 cm³/mol. The molecule has 0 spiro atoms. The van der Waals surface area contributed by atoms with Crippen LogP contribution in [0.25, 0.3) is 0 Å². The van der Waals surface area contributed by atoms with Crippen molar-refractivity contribution in [1.29, 1.82) is 0 Å². The molecule has 1 aliphatic rings. The zero-order chi connectivity index (χ0) is 13.8. The number of halogens is 1. The Morgan fingerprint density at radius 1 is 1.37 bits per heavy atom. The molecular weight excluding hydrogens is 308 g/mol. The minimum Gasteiger partial charge on any atom is -0.490 e. The SMILES string of the molecule is CCC1CCCCC1Oc1cc(Br)cc(C(=O)O)c1. The molecule has 1 aromatic carbocycles. The van der Waals surface area contributed by atoms with Gasteiger partial charge in [0.05, 0.1) is 5.56 Å². The highest BCUT2D eigenvalue weighted by atomic mass is 79.9. The van der Waals surface area contributed by atoms with Crippen LogP contribution in [0.2, 0.25) is 0 Å². The first-order valence-electron chi connectivity index (χ1n) is 6.80. The fraction of sp³-hybridized carbons (Fsp3) is 0.533. The first-order chi connectivity index (χ1) is 9.10. The fourth-order valence-electron chi connectivity index (χ4n) is 2.72. The summed E-state index contributed by atoms with van der Waals surface area (Å²) < 4.78 is 6.78. The highest BCUT2D eigenvalue weighted by Crippen LogP contribution is 2.31. The molecule has 1 fully saturated rings. The summed E-state index contributed by atoms with van der Waals surface area (Å²) in [5.74, 6) is 0.306. The normalized spacial score (nSPS) is 23.1. The molecular formula is C15H19BrO3. The maximum absolute atomic E-state index is 11.0. The van der Waals surface area contributed by atoms with Gasteiger partial charge < -0.3 is 9.84 Å². The number of carboxylic acid groups (broad SMARTS) is 1. The molecule has 1 N–H and O–H groups in total. The van der Waals surface area contributed by atoms with Gasteiger partial charge in [-0.05, 0) is 49.8 Å². The Balaban J connectivity index is 2.15. The van der Waals surface area contributed by atoms with Crippen molar-refractivity contribution in [2.45, 2.75) is 45.1 Å². The molecule has 104 valence electrons. The summed E-state index contributed by atoms with van der Waals surface area (Å²) in [6, 6.07) is 5.04. The number of hydrogen-bond donors (Lipinski definition) is 1. The summed E-state index contributed by atoms with van der Waals surface area (Å²) in [6.07, 6.45) is 6.08. The van der Waals surface area contributed by atoms with E-state index in [-0.39, 0.29) is 11.7 Å². The Morgan fingerprint density at radius 3 is 2.79 bits per heavy atom. The summed E-state index contributed by atoms with van der Waals surface area (Å²) in [7, 11) is 0. The van der Waals surface area contributed by atoms with E-state index in [1.54, 1.807) is 12.1 Å². The quantitative estimate of drug-likeness (QED) is 0.886. The molecule has 0 bridgehead atoms. The van der Waals surface area contributed by atoms with E-state index in [2.05, 4.69) is 22.9 Å². The van der Waals surface area contributed by atoms with E-state index >= 15 is 0 Å². The second kappa shape index (κ2) is 6.42. The number of carbonyl (C=O) groups is 1. The van der Waals surface area contributed by atoms with Gasteiger partial charge in [0.1, 0.15) is 11.9 Å². The molecule has 4 heteroatoms. The van der Waals surface area contributed by atoms with Gasteiger partial charge in [0.15, 0.2) is 0 Å². The minimum absolute atomic E-state index is 0.217. The van der Waals surface area contributed by atoms with Crippen LogP contribution in [0.3, 0.4) is 0 Å². The predicted octanol–water partition coefficient (Wildman–Crippen LogP) is 4.49. The molecule has 2 unspecified atom stereocenters. The Bertz CT molecular complexity index is 459. The number of rotatable bonds is 4. The Hall–Kier alpha value is -1.03. The third-order valence-corrected chi connectivity index (χ3v) is 4.23. The van der Waals surface area contributed by atoms with Crippen LogP contribution in [-0.4, -0.2) is 17.2 Å². The molecule has 2 rings (SSSR count). The van der Waals surface area contributed by atoms with E-state index < -0.39 is 5.97 Å². The van der Waals surface area contributed by atoms with Crippen LogP contribution in [0.15, 0.2) is 22.7 Å². The lowest BCUT2D eigenvalue weighted by Gasteiger charge is -2.31. The molecule has 0 radical (unpaired) electrons. The van der Waals surface area contributed by atoms with Gasteiger partial charge in [-0.3, -0.25) is 0 Å². The third kappa shape index (κ3) is 3.72. The summed E-state index contributed by atoms with van der Waals surface area (Å²) >= 11 is 3.33. The third-order valence-electron chi connectivity index (χ3n) is 3.77. The lowest BCUT2D eigenvalue weighted by atomic mass is 9.85. The van der Waals surface area contributed by atoms with E-state index in [9.17, 15) is 4.79 Å². The zero-order valence-electron chi connectivity index (χ0n) is 11.1. The van der Waals surface area contributed by atoms with Crippen LogP contribution in [0, 0.1) is 5.92 Å². The molecule has 3 nitrogen and oxygen atoms in total. The van der Waals surface area contributed by atoms with Crippen molar-refractivity contribution in [2.75, 3.05) is 0 Å². The second-order valence-corrected chi connectivity index (χ2v) is 6.01. The molecule has 0 aromatic heterocycles. The average molecular weight is 327 g/mol. The van der Waals surface area contributed by atoms with Crippen molar-refractivity contribution in [1.82, 2.24) is 0 Å². The summed E-state index contributed by atoms with van der Waals surface area (Å²) in [6.45, 7) is 2.19. The molecule has 1 aliphatic carbocycles. The van der Waals surface area contributed by atoms with Crippen LogP contribution in [0.5, 0.6) is 5.75 Å². The highest BCUT2D eigenvalue weighted by Gasteiger charge is 2.25. The number of aromatic carboxylic acids is 1. The first-order valence-corrected chi connectivity index (χ1v) is 7.60.